The topological polar surface area (TPSA) is 90.0 Å². The molecule has 0 atom stereocenters. The fourth-order valence-electron chi connectivity index (χ4n) is 3.92. The Bertz CT molecular complexity index is 1010. The number of rotatable bonds is 3. The first-order valence-electron chi connectivity index (χ1n) is 9.17. The van der Waals surface area contributed by atoms with Crippen LogP contribution >= 0.6 is 35.1 Å². The van der Waals surface area contributed by atoms with Crippen LogP contribution in [0.4, 0.5) is 11.6 Å². The highest BCUT2D eigenvalue weighted by atomic mass is 35.5. The van der Waals surface area contributed by atoms with Crippen LogP contribution in [0.5, 0.6) is 0 Å². The van der Waals surface area contributed by atoms with Crippen LogP contribution in [0.15, 0.2) is 28.3 Å². The highest BCUT2D eigenvalue weighted by molar-refractivity contribution is 7.99. The summed E-state index contributed by atoms with van der Waals surface area (Å²) in [7, 11) is 0. The summed E-state index contributed by atoms with van der Waals surface area (Å²) < 4.78 is 14.7. The van der Waals surface area contributed by atoms with Crippen LogP contribution in [0.1, 0.15) is 19.3 Å². The number of fused-ring (bicyclic) bond motifs is 1. The largest absolute Gasteiger partial charge is 0.382 e. The van der Waals surface area contributed by atoms with Crippen molar-refractivity contribution in [2.45, 2.75) is 29.1 Å². The molecule has 2 saturated heterocycles. The normalized spacial score (nSPS) is 19.0. The second kappa shape index (κ2) is 7.29. The van der Waals surface area contributed by atoms with Crippen molar-refractivity contribution >= 4 is 57.8 Å². The molecule has 0 radical (unpaired) electrons. The second-order valence-electron chi connectivity index (χ2n) is 7.31. The van der Waals surface area contributed by atoms with Gasteiger partial charge < -0.3 is 15.4 Å². The molecule has 2 aliphatic rings. The van der Waals surface area contributed by atoms with Gasteiger partial charge in [-0.15, -0.1) is 0 Å². The second-order valence-corrected chi connectivity index (χ2v) is 9.30. The lowest BCUT2D eigenvalue weighted by atomic mass is 9.78. The van der Waals surface area contributed by atoms with Gasteiger partial charge in [-0.2, -0.15) is 8.75 Å². The minimum absolute atomic E-state index is 0.321. The maximum atomic E-state index is 6.30. The molecule has 2 N–H and O–H groups in total. The maximum absolute atomic E-state index is 6.30. The zero-order chi connectivity index (χ0) is 19.1. The van der Waals surface area contributed by atoms with E-state index in [-0.39, 0.29) is 0 Å². The molecule has 146 valence electrons. The molecular weight excluding hydrogens is 416 g/mol. The molecule has 28 heavy (non-hydrogen) atoms. The monoisotopic (exact) mass is 434 g/mol. The first-order valence-corrected chi connectivity index (χ1v) is 11.1. The van der Waals surface area contributed by atoms with E-state index >= 15 is 0 Å². The molecular formula is C18H19ClN6OS2. The molecule has 0 saturated carbocycles. The molecule has 0 unspecified atom stereocenters. The number of nitrogen functional groups attached to an aromatic ring is 1. The molecule has 0 aliphatic carbocycles. The fourth-order valence-corrected chi connectivity index (χ4v) is 5.67. The van der Waals surface area contributed by atoms with Crippen LogP contribution in [0.2, 0.25) is 5.02 Å². The van der Waals surface area contributed by atoms with Crippen LogP contribution in [0.25, 0.3) is 11.0 Å². The lowest BCUT2D eigenvalue weighted by molar-refractivity contribution is 0.133. The first-order chi connectivity index (χ1) is 13.7. The summed E-state index contributed by atoms with van der Waals surface area (Å²) in [6, 6.07) is 1.84. The van der Waals surface area contributed by atoms with Gasteiger partial charge in [0.15, 0.2) is 5.82 Å². The summed E-state index contributed by atoms with van der Waals surface area (Å²) in [5.41, 5.74) is 7.90. The third-order valence-corrected chi connectivity index (χ3v) is 7.76. The van der Waals surface area contributed by atoms with Crippen LogP contribution in [-0.4, -0.2) is 45.0 Å². The Morgan fingerprint density at radius 1 is 1.14 bits per heavy atom. The van der Waals surface area contributed by atoms with Crippen molar-refractivity contribution in [2.24, 2.45) is 5.41 Å². The number of aromatic nitrogens is 4. The van der Waals surface area contributed by atoms with Crippen molar-refractivity contribution in [2.75, 3.05) is 36.9 Å². The van der Waals surface area contributed by atoms with Gasteiger partial charge in [0, 0.05) is 37.0 Å². The van der Waals surface area contributed by atoms with E-state index in [1.54, 1.807) is 6.20 Å². The van der Waals surface area contributed by atoms with Crippen molar-refractivity contribution in [1.29, 1.82) is 0 Å². The molecule has 1 spiro atoms. The highest BCUT2D eigenvalue weighted by Gasteiger charge is 2.38. The molecule has 0 aromatic carbocycles. The average molecular weight is 435 g/mol. The van der Waals surface area contributed by atoms with Crippen LogP contribution in [0.3, 0.4) is 0 Å². The third kappa shape index (κ3) is 3.20. The number of halogens is 1. The minimum atomic E-state index is 0.321. The Morgan fingerprint density at radius 3 is 2.75 bits per heavy atom. The van der Waals surface area contributed by atoms with Gasteiger partial charge in [-0.05, 0) is 30.7 Å². The lowest BCUT2D eigenvalue weighted by Crippen LogP contribution is -2.41. The summed E-state index contributed by atoms with van der Waals surface area (Å²) in [4.78, 5) is 12.8. The number of piperidine rings is 1. The third-order valence-electron chi connectivity index (χ3n) is 5.65. The lowest BCUT2D eigenvalue weighted by Gasteiger charge is -2.38. The van der Waals surface area contributed by atoms with E-state index in [1.165, 1.54) is 29.9 Å². The van der Waals surface area contributed by atoms with E-state index in [0.29, 0.717) is 16.3 Å². The van der Waals surface area contributed by atoms with Gasteiger partial charge >= 0.3 is 0 Å². The van der Waals surface area contributed by atoms with Crippen molar-refractivity contribution < 1.29 is 4.74 Å². The Morgan fingerprint density at radius 2 is 1.96 bits per heavy atom. The molecule has 0 amide bonds. The molecule has 2 aliphatic heterocycles. The van der Waals surface area contributed by atoms with E-state index in [4.69, 9.17) is 27.1 Å². The number of anilines is 2. The average Bonchev–Trinajstić information content (AvgIpc) is 3.37. The van der Waals surface area contributed by atoms with Gasteiger partial charge in [-0.1, -0.05) is 23.4 Å². The first kappa shape index (κ1) is 18.4. The van der Waals surface area contributed by atoms with Crippen molar-refractivity contribution in [3.63, 3.8) is 0 Å². The number of nitrogens with zero attached hydrogens (tertiary/aromatic N) is 5. The molecule has 5 rings (SSSR count). The number of nitrogens with two attached hydrogens (primary N) is 1. The molecule has 10 heteroatoms. The molecule has 0 bridgehead atoms. The number of hydrogen-bond acceptors (Lipinski definition) is 9. The number of pyridine rings is 2. The van der Waals surface area contributed by atoms with E-state index in [1.807, 2.05) is 12.3 Å². The molecule has 7 nitrogen and oxygen atoms in total. The van der Waals surface area contributed by atoms with Gasteiger partial charge in [0.1, 0.15) is 16.9 Å². The number of ether oxygens (including phenoxy) is 1. The Kier molecular flexibility index (Phi) is 4.78. The summed E-state index contributed by atoms with van der Waals surface area (Å²) in [6.07, 6.45) is 6.96. The van der Waals surface area contributed by atoms with Gasteiger partial charge in [0.2, 0.25) is 0 Å². The standard InChI is InChI=1S/C18H19ClN6OS2/c19-13-11(1-5-21-16(13)20)27-12-9-22-17(15-14(12)23-28-24-15)25-6-2-18(3-7-25)4-8-26-10-18/h1,5,9H,2-4,6-8,10H2,(H2,20,21). The van der Waals surface area contributed by atoms with E-state index in [2.05, 4.69) is 18.6 Å². The fraction of sp³-hybridized carbons (Fsp3) is 0.444. The zero-order valence-electron chi connectivity index (χ0n) is 15.1. The van der Waals surface area contributed by atoms with Crippen LogP contribution in [0, 0.1) is 5.41 Å². The summed E-state index contributed by atoms with van der Waals surface area (Å²) in [5.74, 6) is 1.24. The summed E-state index contributed by atoms with van der Waals surface area (Å²) in [6.45, 7) is 3.74. The van der Waals surface area contributed by atoms with Gasteiger partial charge in [-0.25, -0.2) is 9.97 Å². The van der Waals surface area contributed by atoms with Crippen molar-refractivity contribution in [3.8, 4) is 0 Å². The Hall–Kier alpha value is -1.68. The van der Waals surface area contributed by atoms with Gasteiger partial charge in [0.25, 0.3) is 0 Å². The highest BCUT2D eigenvalue weighted by Crippen LogP contribution is 2.42. The quantitative estimate of drug-likeness (QED) is 0.664. The van der Waals surface area contributed by atoms with E-state index in [9.17, 15) is 0 Å². The molecule has 2 fully saturated rings. The predicted octanol–water partition coefficient (Wildman–Crippen LogP) is 3.88. The SMILES string of the molecule is Nc1nccc(Sc2cnc(N3CCC4(CCOC4)CC3)c3nsnc23)c1Cl. The Labute approximate surface area is 176 Å². The van der Waals surface area contributed by atoms with E-state index in [0.717, 1.165) is 65.8 Å². The molecule has 5 heterocycles. The smallest absolute Gasteiger partial charge is 0.158 e. The minimum Gasteiger partial charge on any atom is -0.382 e. The zero-order valence-corrected chi connectivity index (χ0v) is 17.5. The van der Waals surface area contributed by atoms with E-state index < -0.39 is 0 Å². The van der Waals surface area contributed by atoms with Crippen molar-refractivity contribution in [3.05, 3.63) is 23.5 Å². The van der Waals surface area contributed by atoms with Crippen LogP contribution < -0.4 is 10.6 Å². The van der Waals surface area contributed by atoms with Gasteiger partial charge in [0.05, 0.1) is 28.3 Å². The summed E-state index contributed by atoms with van der Waals surface area (Å²) >= 11 is 9.00. The number of hydrogen-bond donors (Lipinski definition) is 1. The van der Waals surface area contributed by atoms with Crippen molar-refractivity contribution in [1.82, 2.24) is 18.7 Å². The van der Waals surface area contributed by atoms with Gasteiger partial charge in [-0.3, -0.25) is 0 Å². The predicted molar refractivity (Wildman–Crippen MR) is 112 cm³/mol. The molecule has 3 aromatic heterocycles. The summed E-state index contributed by atoms with van der Waals surface area (Å²) in [5, 5.41) is 0.452. The Balaban J connectivity index is 1.43. The maximum Gasteiger partial charge on any atom is 0.158 e. The van der Waals surface area contributed by atoms with Crippen LogP contribution in [-0.2, 0) is 4.74 Å². The molecule has 3 aromatic rings.